The van der Waals surface area contributed by atoms with Crippen LogP contribution < -0.4 is 5.73 Å². The normalized spacial score (nSPS) is 13.0. The first-order chi connectivity index (χ1) is 6.49. The molecule has 0 heterocycles. The molecular weight excluding hydrogens is 176 g/mol. The Morgan fingerprint density at radius 2 is 1.93 bits per heavy atom. The summed E-state index contributed by atoms with van der Waals surface area (Å²) in [6, 6.07) is -0.308. The Balaban J connectivity index is 3.86. The number of hydrogen-bond donors (Lipinski definition) is 1. The maximum atomic E-state index is 11.6. The van der Waals surface area contributed by atoms with Gasteiger partial charge in [-0.15, -0.1) is 0 Å². The van der Waals surface area contributed by atoms with E-state index in [1.807, 2.05) is 14.0 Å². The maximum Gasteiger partial charge on any atom is 0.239 e. The second-order valence-corrected chi connectivity index (χ2v) is 4.34. The maximum absolute atomic E-state index is 11.6. The minimum Gasteiger partial charge on any atom is -0.344 e. The van der Waals surface area contributed by atoms with Crippen LogP contribution in [-0.2, 0) is 4.79 Å². The smallest absolute Gasteiger partial charge is 0.239 e. The van der Waals surface area contributed by atoms with Crippen LogP contribution >= 0.6 is 0 Å². The summed E-state index contributed by atoms with van der Waals surface area (Å²) < 4.78 is 0. The van der Waals surface area contributed by atoms with Crippen molar-refractivity contribution < 1.29 is 4.79 Å². The topological polar surface area (TPSA) is 46.3 Å². The van der Waals surface area contributed by atoms with Gasteiger partial charge in [-0.3, -0.25) is 4.79 Å². The Bertz CT molecular complexity index is 169. The third kappa shape index (κ3) is 5.22. The Labute approximate surface area is 87.6 Å². The van der Waals surface area contributed by atoms with Gasteiger partial charge in [-0.1, -0.05) is 27.2 Å². The lowest BCUT2D eigenvalue weighted by molar-refractivity contribution is -0.131. The average Bonchev–Trinajstić information content (AvgIpc) is 2.13. The average molecular weight is 200 g/mol. The van der Waals surface area contributed by atoms with E-state index in [0.717, 1.165) is 25.8 Å². The van der Waals surface area contributed by atoms with E-state index in [-0.39, 0.29) is 11.9 Å². The van der Waals surface area contributed by atoms with Gasteiger partial charge in [0.15, 0.2) is 0 Å². The lowest BCUT2D eigenvalue weighted by Crippen LogP contribution is -2.42. The van der Waals surface area contributed by atoms with Crippen molar-refractivity contribution >= 4 is 5.91 Å². The molecule has 84 valence electrons. The zero-order chi connectivity index (χ0) is 11.1. The Kier molecular flexibility index (Phi) is 6.54. The van der Waals surface area contributed by atoms with Gasteiger partial charge in [-0.25, -0.2) is 0 Å². The van der Waals surface area contributed by atoms with Crippen LogP contribution in [0.25, 0.3) is 0 Å². The predicted molar refractivity (Wildman–Crippen MR) is 60.0 cm³/mol. The quantitative estimate of drug-likeness (QED) is 0.708. The summed E-state index contributed by atoms with van der Waals surface area (Å²) in [7, 11) is 1.83. The lowest BCUT2D eigenvalue weighted by atomic mass is 10.1. The highest BCUT2D eigenvalue weighted by Crippen LogP contribution is 2.03. The van der Waals surface area contributed by atoms with Crippen molar-refractivity contribution in [3.63, 3.8) is 0 Å². The number of amides is 1. The second-order valence-electron chi connectivity index (χ2n) is 4.34. The number of likely N-dealkylation sites (N-methyl/N-ethyl adjacent to an activating group) is 1. The van der Waals surface area contributed by atoms with Gasteiger partial charge in [-0.2, -0.15) is 0 Å². The molecule has 1 amide bonds. The van der Waals surface area contributed by atoms with Crippen molar-refractivity contribution in [2.75, 3.05) is 13.6 Å². The molecule has 0 aromatic heterocycles. The highest BCUT2D eigenvalue weighted by Gasteiger charge is 2.16. The molecule has 0 fully saturated rings. The molecule has 14 heavy (non-hydrogen) atoms. The van der Waals surface area contributed by atoms with Gasteiger partial charge in [0, 0.05) is 13.6 Å². The van der Waals surface area contributed by atoms with E-state index < -0.39 is 0 Å². The molecule has 0 spiro atoms. The highest BCUT2D eigenvalue weighted by molar-refractivity contribution is 5.81. The summed E-state index contributed by atoms with van der Waals surface area (Å²) in [4.78, 5) is 13.4. The molecule has 3 heteroatoms. The molecule has 0 radical (unpaired) electrons. The molecule has 0 saturated carbocycles. The van der Waals surface area contributed by atoms with Crippen LogP contribution in [0.3, 0.4) is 0 Å². The molecule has 0 bridgehead atoms. The van der Waals surface area contributed by atoms with Gasteiger partial charge < -0.3 is 10.6 Å². The molecule has 0 aliphatic rings. The molecule has 0 aliphatic heterocycles. The predicted octanol–water partition coefficient (Wildman–Crippen LogP) is 1.62. The number of carbonyl (C=O) groups excluding carboxylic acids is 1. The molecule has 0 aromatic carbocycles. The van der Waals surface area contributed by atoms with E-state index >= 15 is 0 Å². The van der Waals surface area contributed by atoms with Crippen LogP contribution in [0.1, 0.15) is 40.0 Å². The van der Waals surface area contributed by atoms with E-state index in [4.69, 9.17) is 5.73 Å². The Morgan fingerprint density at radius 3 is 2.36 bits per heavy atom. The summed E-state index contributed by atoms with van der Waals surface area (Å²) in [5.74, 6) is 0.708. The minimum absolute atomic E-state index is 0.0764. The van der Waals surface area contributed by atoms with Crippen molar-refractivity contribution in [3.05, 3.63) is 0 Å². The van der Waals surface area contributed by atoms with Gasteiger partial charge in [0.1, 0.15) is 0 Å². The van der Waals surface area contributed by atoms with E-state index in [1.165, 1.54) is 0 Å². The van der Waals surface area contributed by atoms with Crippen LogP contribution in [0.15, 0.2) is 0 Å². The first-order valence-corrected chi connectivity index (χ1v) is 5.49. The van der Waals surface area contributed by atoms with Crippen molar-refractivity contribution in [2.45, 2.75) is 46.1 Å². The third-order valence-electron chi connectivity index (χ3n) is 2.33. The largest absolute Gasteiger partial charge is 0.344 e. The van der Waals surface area contributed by atoms with E-state index in [0.29, 0.717) is 5.92 Å². The third-order valence-corrected chi connectivity index (χ3v) is 2.33. The SMILES string of the molecule is CCCC(N)C(=O)N(C)CCC(C)C. The number of rotatable bonds is 6. The zero-order valence-electron chi connectivity index (χ0n) is 9.92. The van der Waals surface area contributed by atoms with Crippen LogP contribution in [0.4, 0.5) is 0 Å². The van der Waals surface area contributed by atoms with Crippen molar-refractivity contribution in [1.82, 2.24) is 4.90 Å². The fourth-order valence-electron chi connectivity index (χ4n) is 1.28. The summed E-state index contributed by atoms with van der Waals surface area (Å²) in [5, 5.41) is 0. The molecule has 2 N–H and O–H groups in total. The van der Waals surface area contributed by atoms with Gasteiger partial charge in [-0.05, 0) is 18.8 Å². The molecule has 0 aromatic rings. The first-order valence-electron chi connectivity index (χ1n) is 5.49. The number of hydrogen-bond acceptors (Lipinski definition) is 2. The minimum atomic E-state index is -0.308. The molecule has 0 rings (SSSR count). The number of carbonyl (C=O) groups is 1. The summed E-state index contributed by atoms with van der Waals surface area (Å²) >= 11 is 0. The highest BCUT2D eigenvalue weighted by atomic mass is 16.2. The van der Waals surface area contributed by atoms with Gasteiger partial charge in [0.05, 0.1) is 6.04 Å². The van der Waals surface area contributed by atoms with E-state index in [2.05, 4.69) is 13.8 Å². The van der Waals surface area contributed by atoms with E-state index in [1.54, 1.807) is 4.90 Å². The summed E-state index contributed by atoms with van der Waals surface area (Å²) in [5.41, 5.74) is 5.74. The number of nitrogens with zero attached hydrogens (tertiary/aromatic N) is 1. The van der Waals surface area contributed by atoms with Crippen molar-refractivity contribution in [1.29, 1.82) is 0 Å². The second kappa shape index (κ2) is 6.82. The van der Waals surface area contributed by atoms with Crippen LogP contribution in [0.5, 0.6) is 0 Å². The van der Waals surface area contributed by atoms with Crippen molar-refractivity contribution in [3.8, 4) is 0 Å². The van der Waals surface area contributed by atoms with Gasteiger partial charge >= 0.3 is 0 Å². The van der Waals surface area contributed by atoms with Gasteiger partial charge in [0.2, 0.25) is 5.91 Å². The standard InChI is InChI=1S/C11H24N2O/c1-5-6-10(12)11(14)13(4)8-7-9(2)3/h9-10H,5-8,12H2,1-4H3. The molecule has 3 nitrogen and oxygen atoms in total. The Hall–Kier alpha value is -0.570. The molecule has 1 unspecified atom stereocenters. The molecule has 0 saturated heterocycles. The van der Waals surface area contributed by atoms with Crippen LogP contribution in [-0.4, -0.2) is 30.4 Å². The summed E-state index contributed by atoms with van der Waals surface area (Å²) in [6.07, 6.45) is 2.79. The molecule has 0 aliphatic carbocycles. The Morgan fingerprint density at radius 1 is 1.36 bits per heavy atom. The monoisotopic (exact) mass is 200 g/mol. The van der Waals surface area contributed by atoms with E-state index in [9.17, 15) is 4.79 Å². The zero-order valence-corrected chi connectivity index (χ0v) is 9.92. The van der Waals surface area contributed by atoms with Crippen LogP contribution in [0, 0.1) is 5.92 Å². The fourth-order valence-corrected chi connectivity index (χ4v) is 1.28. The fraction of sp³-hybridized carbons (Fsp3) is 0.909. The molecule has 1 atom stereocenters. The number of nitrogens with two attached hydrogens (primary N) is 1. The summed E-state index contributed by atoms with van der Waals surface area (Å²) in [6.45, 7) is 7.17. The van der Waals surface area contributed by atoms with Crippen molar-refractivity contribution in [2.24, 2.45) is 11.7 Å². The molecular formula is C11H24N2O. The lowest BCUT2D eigenvalue weighted by Gasteiger charge is -2.21. The van der Waals surface area contributed by atoms with Crippen LogP contribution in [0.2, 0.25) is 0 Å². The first kappa shape index (κ1) is 13.4. The van der Waals surface area contributed by atoms with Gasteiger partial charge in [0.25, 0.3) is 0 Å².